The number of halogens is 1. The molecule has 0 spiro atoms. The number of carboxylic acid groups (broad SMARTS) is 1. The zero-order valence-electron chi connectivity index (χ0n) is 20.1. The molecule has 6 nitrogen and oxygen atoms in total. The number of hydrogen-bond donors (Lipinski definition) is 2. The van der Waals surface area contributed by atoms with E-state index < -0.39 is 5.97 Å². The van der Waals surface area contributed by atoms with Crippen LogP contribution in [0.3, 0.4) is 0 Å². The Labute approximate surface area is 205 Å². The number of rotatable bonds is 4. The number of benzene rings is 1. The van der Waals surface area contributed by atoms with Crippen molar-refractivity contribution in [2.24, 2.45) is 11.0 Å². The summed E-state index contributed by atoms with van der Waals surface area (Å²) in [6.45, 7) is 2.71. The SMILES string of the molecule is CN1C=C2C(=C(C3=CCN(C4CCC(CC(=O)O)CC4)CC3)C1)NN=C1C=Cc3cc(F)cc2c31. The molecule has 0 unspecified atom stereocenters. The summed E-state index contributed by atoms with van der Waals surface area (Å²) in [5, 5.41) is 13.8. The molecule has 182 valence electrons. The third-order valence-electron chi connectivity index (χ3n) is 8.14. The molecule has 3 heterocycles. The number of fused-ring (bicyclic) bond motifs is 2. The van der Waals surface area contributed by atoms with Crippen LogP contribution in [-0.2, 0) is 4.79 Å². The molecular formula is C28H31FN4O2. The normalized spacial score (nSPS) is 25.8. The van der Waals surface area contributed by atoms with Gasteiger partial charge in [-0.05, 0) is 72.9 Å². The Bertz CT molecular complexity index is 1230. The summed E-state index contributed by atoms with van der Waals surface area (Å²) in [5.74, 6) is -0.574. The molecule has 1 fully saturated rings. The van der Waals surface area contributed by atoms with Gasteiger partial charge in [0, 0.05) is 62.1 Å². The minimum absolute atomic E-state index is 0.229. The van der Waals surface area contributed by atoms with Crippen molar-refractivity contribution in [3.05, 3.63) is 69.8 Å². The molecule has 0 saturated heterocycles. The van der Waals surface area contributed by atoms with E-state index in [1.807, 2.05) is 12.2 Å². The number of carboxylic acids is 1. The summed E-state index contributed by atoms with van der Waals surface area (Å²) in [7, 11) is 2.07. The molecule has 2 aliphatic carbocycles. The van der Waals surface area contributed by atoms with Crippen LogP contribution in [0.25, 0.3) is 11.6 Å². The molecule has 0 atom stereocenters. The lowest BCUT2D eigenvalue weighted by atomic mass is 9.82. The smallest absolute Gasteiger partial charge is 0.303 e. The van der Waals surface area contributed by atoms with Gasteiger partial charge in [0.25, 0.3) is 0 Å². The molecule has 0 radical (unpaired) electrons. The van der Waals surface area contributed by atoms with Gasteiger partial charge >= 0.3 is 5.97 Å². The lowest BCUT2D eigenvalue weighted by Crippen LogP contribution is -2.41. The van der Waals surface area contributed by atoms with E-state index in [0.717, 1.165) is 85.4 Å². The zero-order chi connectivity index (χ0) is 24.1. The second-order valence-corrected chi connectivity index (χ2v) is 10.4. The number of carbonyl (C=O) groups is 1. The van der Waals surface area contributed by atoms with E-state index in [4.69, 9.17) is 10.2 Å². The van der Waals surface area contributed by atoms with E-state index in [1.165, 1.54) is 11.1 Å². The standard InChI is InChI=1S/C28H31FN4O2/c1-32-15-23(18-8-10-33(11-9-18)21-5-2-17(3-6-21)12-26(34)35)28-24(16-32)22-14-20(29)13-19-4-7-25(27(19)22)30-31-28/h4,7-8,13-14,16-17,21,31H,2-3,5-6,9-12,15H2,1H3,(H,34,35). The molecule has 1 aromatic rings. The Hall–Kier alpha value is -3.19. The predicted octanol–water partition coefficient (Wildman–Crippen LogP) is 4.37. The van der Waals surface area contributed by atoms with Crippen LogP contribution in [0.15, 0.2) is 52.4 Å². The molecular weight excluding hydrogens is 443 g/mol. The maximum absolute atomic E-state index is 14.5. The third-order valence-corrected chi connectivity index (χ3v) is 8.14. The first-order valence-electron chi connectivity index (χ1n) is 12.6. The summed E-state index contributed by atoms with van der Waals surface area (Å²) in [5.41, 5.74) is 11.5. The van der Waals surface area contributed by atoms with Crippen LogP contribution in [0.5, 0.6) is 0 Å². The maximum atomic E-state index is 14.5. The number of allylic oxidation sites excluding steroid dienone is 2. The van der Waals surface area contributed by atoms with Crippen LogP contribution < -0.4 is 5.43 Å². The van der Waals surface area contributed by atoms with Gasteiger partial charge in [-0.1, -0.05) is 12.2 Å². The molecule has 7 heteroatoms. The van der Waals surface area contributed by atoms with Gasteiger partial charge in [-0.3, -0.25) is 15.1 Å². The number of hydrazone groups is 1. The van der Waals surface area contributed by atoms with E-state index >= 15 is 0 Å². The first-order chi connectivity index (χ1) is 17.0. The number of nitrogens with one attached hydrogen (secondary N) is 1. The summed E-state index contributed by atoms with van der Waals surface area (Å²) in [6.07, 6.45) is 13.8. The molecule has 2 N–H and O–H groups in total. The molecule has 5 aliphatic rings. The molecule has 6 rings (SSSR count). The predicted molar refractivity (Wildman–Crippen MR) is 135 cm³/mol. The highest BCUT2D eigenvalue weighted by Gasteiger charge is 2.32. The summed E-state index contributed by atoms with van der Waals surface area (Å²) >= 11 is 0. The van der Waals surface area contributed by atoms with E-state index in [1.54, 1.807) is 12.1 Å². The van der Waals surface area contributed by atoms with Crippen LogP contribution in [0.1, 0.15) is 55.2 Å². The van der Waals surface area contributed by atoms with Gasteiger partial charge < -0.3 is 10.0 Å². The van der Waals surface area contributed by atoms with Crippen LogP contribution in [-0.4, -0.2) is 59.3 Å². The van der Waals surface area contributed by atoms with E-state index in [2.05, 4.69) is 34.5 Å². The lowest BCUT2D eigenvalue weighted by molar-refractivity contribution is -0.138. The summed E-state index contributed by atoms with van der Waals surface area (Å²) in [4.78, 5) is 15.8. The van der Waals surface area contributed by atoms with Crippen LogP contribution >= 0.6 is 0 Å². The highest BCUT2D eigenvalue weighted by Crippen LogP contribution is 2.40. The molecule has 0 amide bonds. The van der Waals surface area contributed by atoms with Gasteiger partial charge in [-0.15, -0.1) is 0 Å². The Kier molecular flexibility index (Phi) is 5.60. The van der Waals surface area contributed by atoms with Gasteiger partial charge in [-0.25, -0.2) is 4.39 Å². The largest absolute Gasteiger partial charge is 0.481 e. The van der Waals surface area contributed by atoms with E-state index in [-0.39, 0.29) is 5.82 Å². The average molecular weight is 475 g/mol. The highest BCUT2D eigenvalue weighted by atomic mass is 19.1. The number of likely N-dealkylation sites (N-methyl/N-ethyl adjacent to an activating group) is 1. The van der Waals surface area contributed by atoms with Gasteiger partial charge in [0.15, 0.2) is 0 Å². The van der Waals surface area contributed by atoms with E-state index in [9.17, 15) is 9.18 Å². The minimum Gasteiger partial charge on any atom is -0.481 e. The third kappa shape index (κ3) is 4.12. The van der Waals surface area contributed by atoms with Crippen molar-refractivity contribution in [1.29, 1.82) is 0 Å². The van der Waals surface area contributed by atoms with Crippen LogP contribution in [0.4, 0.5) is 4.39 Å². The highest BCUT2D eigenvalue weighted by molar-refractivity contribution is 6.20. The quantitative estimate of drug-likeness (QED) is 0.679. The topological polar surface area (TPSA) is 68.2 Å². The second kappa shape index (κ2) is 8.79. The lowest BCUT2D eigenvalue weighted by Gasteiger charge is -2.39. The Morgan fingerprint density at radius 3 is 2.80 bits per heavy atom. The Morgan fingerprint density at radius 1 is 1.23 bits per heavy atom. The summed E-state index contributed by atoms with van der Waals surface area (Å²) < 4.78 is 14.5. The van der Waals surface area contributed by atoms with Crippen molar-refractivity contribution >= 4 is 23.3 Å². The number of hydrogen-bond acceptors (Lipinski definition) is 5. The van der Waals surface area contributed by atoms with Crippen LogP contribution in [0.2, 0.25) is 0 Å². The first kappa shape index (κ1) is 22.3. The average Bonchev–Trinajstić information content (AvgIpc) is 3.18. The van der Waals surface area contributed by atoms with Gasteiger partial charge in [0.2, 0.25) is 0 Å². The fourth-order valence-corrected chi connectivity index (χ4v) is 6.39. The fourth-order valence-electron chi connectivity index (χ4n) is 6.39. The molecule has 1 aromatic carbocycles. The first-order valence-corrected chi connectivity index (χ1v) is 12.6. The van der Waals surface area contributed by atoms with Gasteiger partial charge in [0.05, 0.1) is 11.4 Å². The minimum atomic E-state index is -0.674. The van der Waals surface area contributed by atoms with Gasteiger partial charge in [0.1, 0.15) is 5.82 Å². The summed E-state index contributed by atoms with van der Waals surface area (Å²) in [6, 6.07) is 3.75. The van der Waals surface area contributed by atoms with Gasteiger partial charge in [-0.2, -0.15) is 5.10 Å². The number of nitrogens with zero attached hydrogens (tertiary/aromatic N) is 3. The monoisotopic (exact) mass is 474 g/mol. The van der Waals surface area contributed by atoms with Crippen LogP contribution in [0, 0.1) is 11.7 Å². The van der Waals surface area contributed by atoms with Crippen molar-refractivity contribution < 1.29 is 14.3 Å². The van der Waals surface area contributed by atoms with E-state index in [0.29, 0.717) is 18.4 Å². The number of aliphatic carboxylic acids is 1. The molecule has 1 saturated carbocycles. The van der Waals surface area contributed by atoms with Crippen molar-refractivity contribution in [2.45, 2.75) is 44.6 Å². The van der Waals surface area contributed by atoms with Crippen molar-refractivity contribution in [3.8, 4) is 0 Å². The van der Waals surface area contributed by atoms with Crippen molar-refractivity contribution in [3.63, 3.8) is 0 Å². The Balaban J connectivity index is 1.25. The zero-order valence-corrected chi connectivity index (χ0v) is 20.1. The second-order valence-electron chi connectivity index (χ2n) is 10.4. The fraction of sp³-hybridized carbons (Fsp3) is 0.429. The van der Waals surface area contributed by atoms with Crippen molar-refractivity contribution in [2.75, 3.05) is 26.7 Å². The molecule has 35 heavy (non-hydrogen) atoms. The maximum Gasteiger partial charge on any atom is 0.303 e. The van der Waals surface area contributed by atoms with Crippen molar-refractivity contribution in [1.82, 2.24) is 15.2 Å². The molecule has 3 aliphatic heterocycles. The molecule has 0 aromatic heterocycles. The Morgan fingerprint density at radius 2 is 2.06 bits per heavy atom. The molecule has 0 bridgehead atoms.